The summed E-state index contributed by atoms with van der Waals surface area (Å²) in [6.45, 7) is 1.65. The third-order valence-corrected chi connectivity index (χ3v) is 3.75. The highest BCUT2D eigenvalue weighted by Crippen LogP contribution is 2.18. The first-order valence-corrected chi connectivity index (χ1v) is 7.97. The van der Waals surface area contributed by atoms with Crippen molar-refractivity contribution in [2.45, 2.75) is 6.92 Å². The molecular formula is C19H18N4O3. The first kappa shape index (κ1) is 17.2. The largest absolute Gasteiger partial charge is 0.484 e. The number of aromatic nitrogens is 2. The van der Waals surface area contributed by atoms with E-state index in [-0.39, 0.29) is 12.5 Å². The Bertz CT molecular complexity index is 918. The Hall–Kier alpha value is -3.61. The Morgan fingerprint density at radius 1 is 1.12 bits per heavy atom. The fourth-order valence-electron chi connectivity index (χ4n) is 2.45. The fourth-order valence-corrected chi connectivity index (χ4v) is 2.45. The third kappa shape index (κ3) is 3.89. The van der Waals surface area contributed by atoms with E-state index in [1.165, 1.54) is 0 Å². The molecule has 2 amide bonds. The number of benzene rings is 2. The molecule has 0 aliphatic heterocycles. The van der Waals surface area contributed by atoms with Crippen LogP contribution in [0.3, 0.4) is 0 Å². The van der Waals surface area contributed by atoms with Crippen LogP contribution in [0.1, 0.15) is 16.1 Å². The number of hydrogen-bond acceptors (Lipinski definition) is 4. The highest BCUT2D eigenvalue weighted by Gasteiger charge is 2.15. The zero-order valence-corrected chi connectivity index (χ0v) is 14.2. The van der Waals surface area contributed by atoms with Gasteiger partial charge >= 0.3 is 0 Å². The number of nitrogens with two attached hydrogens (primary N) is 1. The predicted molar refractivity (Wildman–Crippen MR) is 97.4 cm³/mol. The number of carbonyl (C=O) groups is 2. The second-order valence-electron chi connectivity index (χ2n) is 5.62. The number of rotatable bonds is 6. The predicted octanol–water partition coefficient (Wildman–Crippen LogP) is 2.30. The average Bonchev–Trinajstić information content (AvgIpc) is 3.03. The van der Waals surface area contributed by atoms with Gasteiger partial charge in [0.1, 0.15) is 5.75 Å². The lowest BCUT2D eigenvalue weighted by Crippen LogP contribution is -2.20. The highest BCUT2D eigenvalue weighted by atomic mass is 16.5. The summed E-state index contributed by atoms with van der Waals surface area (Å²) in [5.74, 6) is -0.307. The first-order valence-electron chi connectivity index (χ1n) is 7.97. The molecule has 7 heteroatoms. The van der Waals surface area contributed by atoms with E-state index in [9.17, 15) is 9.59 Å². The summed E-state index contributed by atoms with van der Waals surface area (Å²) in [4.78, 5) is 23.2. The normalized spacial score (nSPS) is 10.3. The van der Waals surface area contributed by atoms with Crippen LogP contribution in [0.15, 0.2) is 60.8 Å². The summed E-state index contributed by atoms with van der Waals surface area (Å²) in [6.07, 6.45) is 1.54. The molecule has 0 spiro atoms. The Morgan fingerprint density at radius 2 is 1.81 bits per heavy atom. The zero-order chi connectivity index (χ0) is 18.5. The second-order valence-corrected chi connectivity index (χ2v) is 5.62. The molecule has 0 aliphatic rings. The zero-order valence-electron chi connectivity index (χ0n) is 14.2. The number of nitrogens with one attached hydrogen (secondary N) is 1. The van der Waals surface area contributed by atoms with Crippen molar-refractivity contribution in [3.05, 3.63) is 72.1 Å². The van der Waals surface area contributed by atoms with Crippen LogP contribution in [0, 0.1) is 6.92 Å². The van der Waals surface area contributed by atoms with Gasteiger partial charge in [0.05, 0.1) is 23.1 Å². The number of carbonyl (C=O) groups excluding carboxylic acids is 2. The van der Waals surface area contributed by atoms with Crippen LogP contribution in [0.4, 0.5) is 5.69 Å². The quantitative estimate of drug-likeness (QED) is 0.712. The van der Waals surface area contributed by atoms with Gasteiger partial charge in [-0.2, -0.15) is 5.10 Å². The van der Waals surface area contributed by atoms with Gasteiger partial charge in [-0.3, -0.25) is 9.59 Å². The van der Waals surface area contributed by atoms with E-state index in [0.717, 1.165) is 11.4 Å². The summed E-state index contributed by atoms with van der Waals surface area (Å²) >= 11 is 0. The topological polar surface area (TPSA) is 99.2 Å². The number of para-hydroxylation sites is 1. The van der Waals surface area contributed by atoms with Crippen LogP contribution in [-0.4, -0.2) is 28.2 Å². The van der Waals surface area contributed by atoms with Crippen molar-refractivity contribution in [1.82, 2.24) is 9.78 Å². The van der Waals surface area contributed by atoms with Gasteiger partial charge in [0.2, 0.25) is 0 Å². The number of nitrogens with zero attached hydrogens (tertiary/aromatic N) is 2. The van der Waals surface area contributed by atoms with Gasteiger partial charge in [0.15, 0.2) is 6.61 Å². The van der Waals surface area contributed by atoms with Crippen molar-refractivity contribution in [2.75, 3.05) is 11.9 Å². The van der Waals surface area contributed by atoms with E-state index in [1.807, 2.05) is 37.3 Å². The van der Waals surface area contributed by atoms with Crippen LogP contribution in [0.5, 0.6) is 5.75 Å². The molecule has 2 aromatic carbocycles. The molecule has 3 rings (SSSR count). The average molecular weight is 350 g/mol. The third-order valence-electron chi connectivity index (χ3n) is 3.75. The summed E-state index contributed by atoms with van der Waals surface area (Å²) in [7, 11) is 0. The maximum atomic E-state index is 12.5. The molecule has 1 aromatic heterocycles. The summed E-state index contributed by atoms with van der Waals surface area (Å²) in [5, 5.41) is 7.11. The molecule has 0 saturated carbocycles. The van der Waals surface area contributed by atoms with Gasteiger partial charge in [-0.1, -0.05) is 18.2 Å². The molecule has 0 radical (unpaired) electrons. The maximum Gasteiger partial charge on any atom is 0.259 e. The molecule has 0 atom stereocenters. The van der Waals surface area contributed by atoms with Crippen LogP contribution in [0.25, 0.3) is 5.69 Å². The van der Waals surface area contributed by atoms with Gasteiger partial charge < -0.3 is 15.8 Å². The van der Waals surface area contributed by atoms with Crippen molar-refractivity contribution < 1.29 is 14.3 Å². The molecular weight excluding hydrogens is 332 g/mol. The Labute approximate surface area is 150 Å². The number of amides is 2. The summed E-state index contributed by atoms with van der Waals surface area (Å²) in [6, 6.07) is 16.3. The van der Waals surface area contributed by atoms with Crippen molar-refractivity contribution >= 4 is 17.5 Å². The van der Waals surface area contributed by atoms with E-state index in [2.05, 4.69) is 10.4 Å². The van der Waals surface area contributed by atoms with Crippen LogP contribution in [0.2, 0.25) is 0 Å². The minimum Gasteiger partial charge on any atom is -0.484 e. The Morgan fingerprint density at radius 3 is 2.46 bits per heavy atom. The van der Waals surface area contributed by atoms with Gasteiger partial charge in [0.25, 0.3) is 11.8 Å². The minimum atomic E-state index is -0.548. The second kappa shape index (κ2) is 7.52. The van der Waals surface area contributed by atoms with Gasteiger partial charge in [0, 0.05) is 5.69 Å². The van der Waals surface area contributed by atoms with E-state index in [4.69, 9.17) is 10.5 Å². The van der Waals surface area contributed by atoms with Crippen LogP contribution < -0.4 is 15.8 Å². The lowest BCUT2D eigenvalue weighted by atomic mass is 10.2. The fraction of sp³-hybridized carbons (Fsp3) is 0.105. The molecule has 0 fully saturated rings. The lowest BCUT2D eigenvalue weighted by molar-refractivity contribution is -0.119. The Kier molecular flexibility index (Phi) is 4.98. The molecule has 132 valence electrons. The molecule has 0 aliphatic carbocycles. The van der Waals surface area contributed by atoms with Crippen LogP contribution in [-0.2, 0) is 4.79 Å². The van der Waals surface area contributed by atoms with Crippen molar-refractivity contribution in [3.63, 3.8) is 0 Å². The van der Waals surface area contributed by atoms with Gasteiger partial charge in [-0.25, -0.2) is 4.68 Å². The standard InChI is InChI=1S/C19H18N4O3/c1-13-17(11-21-23(13)15-5-3-2-4-6-15)19(25)22-14-7-9-16(10-8-14)26-12-18(20)24/h2-11H,12H2,1H3,(H2,20,24)(H,22,25). The van der Waals surface area contributed by atoms with E-state index in [0.29, 0.717) is 17.0 Å². The first-order chi connectivity index (χ1) is 12.5. The molecule has 1 heterocycles. The number of primary amides is 1. The van der Waals surface area contributed by atoms with E-state index >= 15 is 0 Å². The smallest absolute Gasteiger partial charge is 0.259 e. The molecule has 3 N–H and O–H groups in total. The lowest BCUT2D eigenvalue weighted by Gasteiger charge is -2.08. The summed E-state index contributed by atoms with van der Waals surface area (Å²) in [5.41, 5.74) is 7.76. The van der Waals surface area contributed by atoms with Crippen molar-refractivity contribution in [2.24, 2.45) is 5.73 Å². The molecule has 0 saturated heterocycles. The molecule has 3 aromatic rings. The summed E-state index contributed by atoms with van der Waals surface area (Å²) < 4.78 is 6.90. The monoisotopic (exact) mass is 350 g/mol. The Balaban J connectivity index is 1.71. The van der Waals surface area contributed by atoms with Crippen molar-refractivity contribution in [1.29, 1.82) is 0 Å². The maximum absolute atomic E-state index is 12.5. The minimum absolute atomic E-state index is 0.191. The SMILES string of the molecule is Cc1c(C(=O)Nc2ccc(OCC(N)=O)cc2)cnn1-c1ccccc1. The molecule has 0 unspecified atom stereocenters. The number of ether oxygens (including phenoxy) is 1. The molecule has 26 heavy (non-hydrogen) atoms. The van der Waals surface area contributed by atoms with E-state index < -0.39 is 5.91 Å². The van der Waals surface area contributed by atoms with Gasteiger partial charge in [-0.05, 0) is 43.3 Å². The van der Waals surface area contributed by atoms with Crippen LogP contribution >= 0.6 is 0 Å². The number of anilines is 1. The van der Waals surface area contributed by atoms with E-state index in [1.54, 1.807) is 35.1 Å². The van der Waals surface area contributed by atoms with Gasteiger partial charge in [-0.15, -0.1) is 0 Å². The molecule has 7 nitrogen and oxygen atoms in total. The molecule has 0 bridgehead atoms. The number of hydrogen-bond donors (Lipinski definition) is 2. The van der Waals surface area contributed by atoms with Crippen molar-refractivity contribution in [3.8, 4) is 11.4 Å². The highest BCUT2D eigenvalue weighted by molar-refractivity contribution is 6.05.